The summed E-state index contributed by atoms with van der Waals surface area (Å²) in [5.74, 6) is -2.78. The first-order chi connectivity index (χ1) is 13.8. The Morgan fingerprint density at radius 1 is 1.00 bits per heavy atom. The fourth-order valence-electron chi connectivity index (χ4n) is 3.58. The van der Waals surface area contributed by atoms with E-state index in [9.17, 15) is 22.8 Å². The Hall–Kier alpha value is -2.83. The molecule has 0 N–H and O–H groups in total. The Labute approximate surface area is 167 Å². The number of benzene rings is 2. The zero-order chi connectivity index (χ0) is 21.1. The molecule has 154 valence electrons. The van der Waals surface area contributed by atoms with Gasteiger partial charge in [0.05, 0.1) is 6.04 Å². The second-order valence-corrected chi connectivity index (χ2v) is 7.37. The molecule has 2 aromatic carbocycles. The molecule has 0 bridgehead atoms. The summed E-state index contributed by atoms with van der Waals surface area (Å²) in [6.45, 7) is 2.62. The number of amides is 2. The first kappa shape index (κ1) is 20.9. The van der Waals surface area contributed by atoms with E-state index in [0.29, 0.717) is 37.1 Å². The van der Waals surface area contributed by atoms with Gasteiger partial charge in [-0.3, -0.25) is 9.59 Å². The van der Waals surface area contributed by atoms with Crippen LogP contribution in [-0.4, -0.2) is 41.8 Å². The van der Waals surface area contributed by atoms with Crippen molar-refractivity contribution in [1.82, 2.24) is 9.80 Å². The van der Waals surface area contributed by atoms with E-state index in [1.165, 1.54) is 35.2 Å². The van der Waals surface area contributed by atoms with Gasteiger partial charge in [0.2, 0.25) is 5.91 Å². The summed E-state index contributed by atoms with van der Waals surface area (Å²) in [4.78, 5) is 28.6. The lowest BCUT2D eigenvalue weighted by Crippen LogP contribution is -2.44. The molecule has 7 heteroatoms. The molecule has 3 rings (SSSR count). The van der Waals surface area contributed by atoms with Crippen molar-refractivity contribution in [3.8, 4) is 0 Å². The number of likely N-dealkylation sites (tertiary alicyclic amines) is 1. The smallest absolute Gasteiger partial charge is 0.253 e. The van der Waals surface area contributed by atoms with Crippen LogP contribution in [0.25, 0.3) is 0 Å². The van der Waals surface area contributed by atoms with Crippen molar-refractivity contribution < 1.29 is 22.8 Å². The number of carbonyl (C=O) groups excluding carboxylic acids is 2. The summed E-state index contributed by atoms with van der Waals surface area (Å²) in [6, 6.07) is 8.62. The van der Waals surface area contributed by atoms with Gasteiger partial charge in [-0.25, -0.2) is 13.2 Å². The van der Waals surface area contributed by atoms with E-state index < -0.39 is 23.5 Å². The molecule has 0 aromatic heterocycles. The molecule has 2 aromatic rings. The predicted molar refractivity (Wildman–Crippen MR) is 103 cm³/mol. The van der Waals surface area contributed by atoms with E-state index in [2.05, 4.69) is 0 Å². The van der Waals surface area contributed by atoms with Crippen LogP contribution in [0.15, 0.2) is 42.5 Å². The fourth-order valence-corrected chi connectivity index (χ4v) is 3.58. The number of hydrogen-bond acceptors (Lipinski definition) is 2. The van der Waals surface area contributed by atoms with Gasteiger partial charge in [0.25, 0.3) is 5.91 Å². The lowest BCUT2D eigenvalue weighted by atomic mass is 9.94. The highest BCUT2D eigenvalue weighted by molar-refractivity contribution is 5.94. The molecule has 1 atom stereocenters. The molecular formula is C22H23F3N2O2. The molecule has 0 spiro atoms. The highest BCUT2D eigenvalue weighted by Crippen LogP contribution is 2.26. The average Bonchev–Trinajstić information content (AvgIpc) is 2.74. The maximum Gasteiger partial charge on any atom is 0.253 e. The van der Waals surface area contributed by atoms with Crippen LogP contribution in [0.4, 0.5) is 13.2 Å². The topological polar surface area (TPSA) is 40.6 Å². The van der Waals surface area contributed by atoms with Crippen molar-refractivity contribution in [2.24, 2.45) is 5.92 Å². The summed E-state index contributed by atoms with van der Waals surface area (Å²) < 4.78 is 39.7. The maximum absolute atomic E-state index is 13.5. The molecule has 29 heavy (non-hydrogen) atoms. The van der Waals surface area contributed by atoms with Gasteiger partial charge in [0.1, 0.15) is 5.82 Å². The zero-order valence-electron chi connectivity index (χ0n) is 16.4. The highest BCUT2D eigenvalue weighted by Gasteiger charge is 2.31. The minimum atomic E-state index is -0.942. The van der Waals surface area contributed by atoms with Crippen molar-refractivity contribution in [3.63, 3.8) is 0 Å². The molecule has 4 nitrogen and oxygen atoms in total. The number of halogens is 3. The van der Waals surface area contributed by atoms with E-state index in [0.717, 1.165) is 12.1 Å². The molecule has 0 saturated carbocycles. The molecule has 0 aliphatic carbocycles. The third-order valence-electron chi connectivity index (χ3n) is 5.58. The number of carbonyl (C=O) groups is 2. The van der Waals surface area contributed by atoms with E-state index in [1.54, 1.807) is 18.9 Å². The maximum atomic E-state index is 13.5. The number of piperidine rings is 1. The average molecular weight is 404 g/mol. The minimum Gasteiger partial charge on any atom is -0.339 e. The van der Waals surface area contributed by atoms with Gasteiger partial charge in [-0.15, -0.1) is 0 Å². The largest absolute Gasteiger partial charge is 0.339 e. The molecule has 1 fully saturated rings. The van der Waals surface area contributed by atoms with Crippen LogP contribution in [0.5, 0.6) is 0 Å². The normalized spacial score (nSPS) is 15.8. The Morgan fingerprint density at radius 2 is 1.62 bits per heavy atom. The first-order valence-corrected chi connectivity index (χ1v) is 9.54. The Kier molecular flexibility index (Phi) is 6.25. The van der Waals surface area contributed by atoms with E-state index in [4.69, 9.17) is 0 Å². The molecular weight excluding hydrogens is 381 g/mol. The number of nitrogens with zero attached hydrogens (tertiary/aromatic N) is 2. The summed E-state index contributed by atoms with van der Waals surface area (Å²) in [7, 11) is 1.64. The van der Waals surface area contributed by atoms with E-state index >= 15 is 0 Å². The van der Waals surface area contributed by atoms with Gasteiger partial charge in [-0.1, -0.05) is 6.07 Å². The van der Waals surface area contributed by atoms with Crippen LogP contribution in [0.3, 0.4) is 0 Å². The van der Waals surface area contributed by atoms with Gasteiger partial charge < -0.3 is 9.80 Å². The minimum absolute atomic E-state index is 0.0869. The van der Waals surface area contributed by atoms with Crippen LogP contribution >= 0.6 is 0 Å². The first-order valence-electron chi connectivity index (χ1n) is 9.54. The molecule has 0 radical (unpaired) electrons. The van der Waals surface area contributed by atoms with Gasteiger partial charge in [-0.05, 0) is 61.7 Å². The molecule has 1 aliphatic rings. The quantitative estimate of drug-likeness (QED) is 0.767. The molecule has 1 saturated heterocycles. The van der Waals surface area contributed by atoms with Crippen molar-refractivity contribution in [1.29, 1.82) is 0 Å². The number of hydrogen-bond donors (Lipinski definition) is 0. The second-order valence-electron chi connectivity index (χ2n) is 7.37. The van der Waals surface area contributed by atoms with Crippen molar-refractivity contribution in [2.75, 3.05) is 20.1 Å². The van der Waals surface area contributed by atoms with Crippen LogP contribution in [0, 0.1) is 23.4 Å². The second kappa shape index (κ2) is 8.68. The van der Waals surface area contributed by atoms with E-state index in [1.807, 2.05) is 0 Å². The molecule has 2 amide bonds. The highest BCUT2D eigenvalue weighted by atomic mass is 19.2. The zero-order valence-corrected chi connectivity index (χ0v) is 16.4. The van der Waals surface area contributed by atoms with Crippen LogP contribution in [-0.2, 0) is 4.79 Å². The SMILES string of the molecule is CC(c1ccc(F)c(F)c1)N(C)C(=O)C1CCN(C(=O)c2ccc(F)cc2)CC1. The van der Waals surface area contributed by atoms with Crippen molar-refractivity contribution in [3.05, 3.63) is 71.0 Å². The monoisotopic (exact) mass is 404 g/mol. The van der Waals surface area contributed by atoms with Crippen LogP contribution < -0.4 is 0 Å². The van der Waals surface area contributed by atoms with Crippen LogP contribution in [0.1, 0.15) is 41.7 Å². The summed E-state index contributed by atoms with van der Waals surface area (Å²) in [5, 5.41) is 0. The van der Waals surface area contributed by atoms with Gasteiger partial charge in [0, 0.05) is 31.6 Å². The van der Waals surface area contributed by atoms with Gasteiger partial charge in [0.15, 0.2) is 11.6 Å². The van der Waals surface area contributed by atoms with Crippen molar-refractivity contribution in [2.45, 2.75) is 25.8 Å². The van der Waals surface area contributed by atoms with Gasteiger partial charge in [-0.2, -0.15) is 0 Å². The summed E-state index contributed by atoms with van der Waals surface area (Å²) in [6.07, 6.45) is 1.03. The van der Waals surface area contributed by atoms with E-state index in [-0.39, 0.29) is 17.7 Å². The molecule has 1 aliphatic heterocycles. The lowest BCUT2D eigenvalue weighted by Gasteiger charge is -2.35. The summed E-state index contributed by atoms with van der Waals surface area (Å²) in [5.41, 5.74) is 0.934. The fraction of sp³-hybridized carbons (Fsp3) is 0.364. The van der Waals surface area contributed by atoms with Crippen molar-refractivity contribution >= 4 is 11.8 Å². The lowest BCUT2D eigenvalue weighted by molar-refractivity contribution is -0.137. The third kappa shape index (κ3) is 4.60. The number of rotatable bonds is 4. The van der Waals surface area contributed by atoms with Gasteiger partial charge >= 0.3 is 0 Å². The third-order valence-corrected chi connectivity index (χ3v) is 5.58. The Morgan fingerprint density at radius 3 is 2.21 bits per heavy atom. The Bertz CT molecular complexity index is 893. The standard InChI is InChI=1S/C22H23F3N2O2/c1-14(17-5-8-19(24)20(25)13-17)26(2)21(28)16-9-11-27(12-10-16)22(29)15-3-6-18(23)7-4-15/h3-8,13-14,16H,9-12H2,1-2H3. The summed E-state index contributed by atoms with van der Waals surface area (Å²) >= 11 is 0. The Balaban J connectivity index is 1.59. The molecule has 1 unspecified atom stereocenters. The predicted octanol–water partition coefficient (Wildman–Crippen LogP) is 4.18. The van der Waals surface area contributed by atoms with Crippen LogP contribution in [0.2, 0.25) is 0 Å². The molecule has 1 heterocycles.